The SMILES string of the molecule is COc1ccc(C)c(C23CCN(CC4CC4)C(C)C2(OC(C)=O)CCC(=O)C3)c1. The van der Waals surface area contributed by atoms with Gasteiger partial charge in [0.1, 0.15) is 17.1 Å². The molecule has 0 N–H and O–H groups in total. The number of ether oxygens (including phenoxy) is 2. The van der Waals surface area contributed by atoms with Gasteiger partial charge in [-0.15, -0.1) is 0 Å². The number of esters is 1. The van der Waals surface area contributed by atoms with Crippen molar-refractivity contribution in [1.82, 2.24) is 4.90 Å². The summed E-state index contributed by atoms with van der Waals surface area (Å²) in [7, 11) is 1.67. The summed E-state index contributed by atoms with van der Waals surface area (Å²) < 4.78 is 11.8. The molecule has 1 heterocycles. The lowest BCUT2D eigenvalue weighted by Crippen LogP contribution is -2.71. The van der Waals surface area contributed by atoms with Crippen molar-refractivity contribution in [3.63, 3.8) is 0 Å². The van der Waals surface area contributed by atoms with Crippen molar-refractivity contribution in [3.05, 3.63) is 29.3 Å². The Morgan fingerprint density at radius 3 is 2.69 bits per heavy atom. The van der Waals surface area contributed by atoms with E-state index in [4.69, 9.17) is 9.47 Å². The summed E-state index contributed by atoms with van der Waals surface area (Å²) in [5.41, 5.74) is 1.02. The molecule has 5 nitrogen and oxygen atoms in total. The number of hydrogen-bond acceptors (Lipinski definition) is 5. The van der Waals surface area contributed by atoms with Crippen molar-refractivity contribution in [2.75, 3.05) is 20.2 Å². The van der Waals surface area contributed by atoms with Gasteiger partial charge in [-0.1, -0.05) is 6.07 Å². The second-order valence-corrected chi connectivity index (χ2v) is 9.33. The molecule has 0 spiro atoms. The number of ketones is 1. The number of benzene rings is 1. The van der Waals surface area contributed by atoms with Crippen LogP contribution in [0.3, 0.4) is 0 Å². The average molecular weight is 400 g/mol. The van der Waals surface area contributed by atoms with Crippen LogP contribution in [0.1, 0.15) is 63.5 Å². The molecular formula is C24H33NO4. The third-order valence-electron chi connectivity index (χ3n) is 7.61. The van der Waals surface area contributed by atoms with Crippen LogP contribution in [0.2, 0.25) is 0 Å². The van der Waals surface area contributed by atoms with E-state index in [2.05, 4.69) is 30.9 Å². The topological polar surface area (TPSA) is 55.8 Å². The van der Waals surface area contributed by atoms with Gasteiger partial charge in [-0.25, -0.2) is 0 Å². The Morgan fingerprint density at radius 1 is 1.28 bits per heavy atom. The lowest BCUT2D eigenvalue weighted by atomic mass is 9.53. The van der Waals surface area contributed by atoms with E-state index in [0.717, 1.165) is 42.3 Å². The van der Waals surface area contributed by atoms with Gasteiger partial charge < -0.3 is 9.47 Å². The average Bonchev–Trinajstić information content (AvgIpc) is 3.50. The van der Waals surface area contributed by atoms with Crippen LogP contribution in [-0.4, -0.2) is 48.5 Å². The van der Waals surface area contributed by atoms with E-state index >= 15 is 0 Å². The zero-order chi connectivity index (χ0) is 20.8. The molecule has 0 amide bonds. The Kier molecular flexibility index (Phi) is 5.22. The highest BCUT2D eigenvalue weighted by Crippen LogP contribution is 2.56. The van der Waals surface area contributed by atoms with E-state index in [9.17, 15) is 9.59 Å². The van der Waals surface area contributed by atoms with Gasteiger partial charge in [-0.2, -0.15) is 0 Å². The number of likely N-dealkylation sites (tertiary alicyclic amines) is 1. The van der Waals surface area contributed by atoms with Crippen LogP contribution < -0.4 is 4.74 Å². The summed E-state index contributed by atoms with van der Waals surface area (Å²) in [5, 5.41) is 0. The van der Waals surface area contributed by atoms with Gasteiger partial charge in [-0.3, -0.25) is 14.5 Å². The van der Waals surface area contributed by atoms with E-state index < -0.39 is 11.0 Å². The number of hydrogen-bond donors (Lipinski definition) is 0. The first kappa shape index (κ1) is 20.4. The van der Waals surface area contributed by atoms with Crippen molar-refractivity contribution in [3.8, 4) is 5.75 Å². The number of aryl methyl sites for hydroxylation is 1. The zero-order valence-electron chi connectivity index (χ0n) is 18.1. The Hall–Kier alpha value is -1.88. The molecule has 0 aromatic heterocycles. The normalized spacial score (nSPS) is 32.6. The smallest absolute Gasteiger partial charge is 0.303 e. The quantitative estimate of drug-likeness (QED) is 0.705. The molecule has 2 saturated carbocycles. The molecule has 3 atom stereocenters. The number of rotatable bonds is 5. The molecule has 1 saturated heterocycles. The summed E-state index contributed by atoms with van der Waals surface area (Å²) in [6.07, 6.45) is 4.89. The first-order valence-electron chi connectivity index (χ1n) is 10.9. The highest BCUT2D eigenvalue weighted by Gasteiger charge is 2.64. The van der Waals surface area contributed by atoms with Crippen LogP contribution in [0.4, 0.5) is 0 Å². The lowest BCUT2D eigenvalue weighted by Gasteiger charge is -2.61. The van der Waals surface area contributed by atoms with E-state index in [1.54, 1.807) is 7.11 Å². The fraction of sp³-hybridized carbons (Fsp3) is 0.667. The fourth-order valence-electron chi connectivity index (χ4n) is 5.94. The van der Waals surface area contributed by atoms with Crippen LogP contribution in [0, 0.1) is 12.8 Å². The number of methoxy groups -OCH3 is 1. The molecule has 1 aliphatic heterocycles. The van der Waals surface area contributed by atoms with E-state index in [1.165, 1.54) is 19.8 Å². The van der Waals surface area contributed by atoms with E-state index in [-0.39, 0.29) is 17.8 Å². The van der Waals surface area contributed by atoms with Gasteiger partial charge in [-0.05, 0) is 75.3 Å². The van der Waals surface area contributed by atoms with Gasteiger partial charge in [0, 0.05) is 37.8 Å². The minimum absolute atomic E-state index is 0.0689. The molecule has 1 aromatic rings. The zero-order valence-corrected chi connectivity index (χ0v) is 18.1. The Bertz CT molecular complexity index is 817. The molecule has 0 bridgehead atoms. The number of Topliss-reactive ketones (excluding diaryl/α,β-unsaturated/α-hetero) is 1. The summed E-state index contributed by atoms with van der Waals surface area (Å²) in [6, 6.07) is 6.15. The molecule has 0 radical (unpaired) electrons. The van der Waals surface area contributed by atoms with Gasteiger partial charge in [0.05, 0.1) is 7.11 Å². The molecule has 5 heteroatoms. The van der Waals surface area contributed by atoms with Crippen molar-refractivity contribution in [2.24, 2.45) is 5.92 Å². The monoisotopic (exact) mass is 399 g/mol. The molecule has 2 aliphatic carbocycles. The molecule has 3 aliphatic rings. The van der Waals surface area contributed by atoms with Crippen molar-refractivity contribution < 1.29 is 19.1 Å². The number of fused-ring (bicyclic) bond motifs is 1. The summed E-state index contributed by atoms with van der Waals surface area (Å²) in [5.74, 6) is 1.55. The molecule has 3 fully saturated rings. The Morgan fingerprint density at radius 2 is 2.03 bits per heavy atom. The third kappa shape index (κ3) is 3.37. The van der Waals surface area contributed by atoms with Gasteiger partial charge >= 0.3 is 5.97 Å². The fourth-order valence-corrected chi connectivity index (χ4v) is 5.94. The first-order chi connectivity index (χ1) is 13.8. The van der Waals surface area contributed by atoms with E-state index in [1.807, 2.05) is 6.07 Å². The lowest BCUT2D eigenvalue weighted by molar-refractivity contribution is -0.200. The van der Waals surface area contributed by atoms with Crippen molar-refractivity contribution >= 4 is 11.8 Å². The first-order valence-corrected chi connectivity index (χ1v) is 10.9. The van der Waals surface area contributed by atoms with Gasteiger partial charge in [0.2, 0.25) is 0 Å². The van der Waals surface area contributed by atoms with Crippen molar-refractivity contribution in [2.45, 2.75) is 76.4 Å². The van der Waals surface area contributed by atoms with Gasteiger partial charge in [0.25, 0.3) is 0 Å². The maximum absolute atomic E-state index is 12.8. The molecule has 3 unspecified atom stereocenters. The summed E-state index contributed by atoms with van der Waals surface area (Å²) in [4.78, 5) is 27.6. The summed E-state index contributed by atoms with van der Waals surface area (Å²) in [6.45, 7) is 7.77. The third-order valence-corrected chi connectivity index (χ3v) is 7.61. The van der Waals surface area contributed by atoms with Crippen LogP contribution in [0.15, 0.2) is 18.2 Å². The minimum atomic E-state index is -0.697. The Balaban J connectivity index is 1.87. The number of carbonyl (C=O) groups excluding carboxylic acids is 2. The second kappa shape index (κ2) is 7.42. The number of nitrogens with zero attached hydrogens (tertiary/aromatic N) is 1. The Labute approximate surface area is 173 Å². The summed E-state index contributed by atoms with van der Waals surface area (Å²) >= 11 is 0. The molecule has 1 aromatic carbocycles. The maximum atomic E-state index is 12.8. The molecular weight excluding hydrogens is 366 g/mol. The highest BCUT2D eigenvalue weighted by molar-refractivity contribution is 5.82. The number of carbonyl (C=O) groups is 2. The minimum Gasteiger partial charge on any atom is -0.497 e. The van der Waals surface area contributed by atoms with Gasteiger partial charge in [0.15, 0.2) is 0 Å². The maximum Gasteiger partial charge on any atom is 0.303 e. The molecule has 29 heavy (non-hydrogen) atoms. The predicted molar refractivity (Wildman–Crippen MR) is 111 cm³/mol. The van der Waals surface area contributed by atoms with Crippen molar-refractivity contribution in [1.29, 1.82) is 0 Å². The predicted octanol–water partition coefficient (Wildman–Crippen LogP) is 3.80. The molecule has 158 valence electrons. The van der Waals surface area contributed by atoms with Crippen LogP contribution in [0.5, 0.6) is 5.75 Å². The van der Waals surface area contributed by atoms with E-state index in [0.29, 0.717) is 19.3 Å². The largest absolute Gasteiger partial charge is 0.497 e. The van der Waals surface area contributed by atoms with Crippen LogP contribution in [-0.2, 0) is 19.7 Å². The molecule has 4 rings (SSSR count). The number of piperidine rings is 1. The standard InChI is InChI=1S/C24H33NO4/c1-16-5-8-21(28-4)13-22(16)23-11-12-25(15-19-6-7-19)17(2)24(23,29-18(3)26)10-9-20(27)14-23/h5,8,13,17,19H,6-7,9-12,14-15H2,1-4H3. The highest BCUT2D eigenvalue weighted by atomic mass is 16.6. The second-order valence-electron chi connectivity index (χ2n) is 9.33. The van der Waals surface area contributed by atoms with Crippen LogP contribution >= 0.6 is 0 Å². The van der Waals surface area contributed by atoms with Crippen LogP contribution in [0.25, 0.3) is 0 Å².